The van der Waals surface area contributed by atoms with E-state index < -0.39 is 6.09 Å². The number of benzene rings is 1. The highest BCUT2D eigenvalue weighted by molar-refractivity contribution is 5.95. The molecule has 1 aromatic heterocycles. The van der Waals surface area contributed by atoms with E-state index in [1.165, 1.54) is 6.20 Å². The third-order valence-electron chi connectivity index (χ3n) is 2.76. The highest BCUT2D eigenvalue weighted by Gasteiger charge is 2.12. The SMILES string of the molecule is C=C(COC(N)=O)c1cccc2c(O)c(C#N)cnc12. The van der Waals surface area contributed by atoms with Gasteiger partial charge in [-0.3, -0.25) is 4.98 Å². The normalized spacial score (nSPS) is 9.95. The Hall–Kier alpha value is -3.07. The van der Waals surface area contributed by atoms with Crippen molar-refractivity contribution in [3.8, 4) is 11.8 Å². The average Bonchev–Trinajstić information content (AvgIpc) is 2.44. The van der Waals surface area contributed by atoms with Crippen molar-refractivity contribution in [2.24, 2.45) is 5.73 Å². The monoisotopic (exact) mass is 269 g/mol. The molecule has 0 aliphatic carbocycles. The molecule has 20 heavy (non-hydrogen) atoms. The Morgan fingerprint density at radius 2 is 2.30 bits per heavy atom. The lowest BCUT2D eigenvalue weighted by atomic mass is 10.0. The van der Waals surface area contributed by atoms with Crippen LogP contribution in [0.15, 0.2) is 31.0 Å². The first-order chi connectivity index (χ1) is 9.54. The van der Waals surface area contributed by atoms with Crippen LogP contribution in [-0.4, -0.2) is 22.8 Å². The zero-order chi connectivity index (χ0) is 14.7. The molecular weight excluding hydrogens is 258 g/mol. The van der Waals surface area contributed by atoms with Gasteiger partial charge in [-0.15, -0.1) is 0 Å². The van der Waals surface area contributed by atoms with E-state index in [0.717, 1.165) is 0 Å². The second-order valence-electron chi connectivity index (χ2n) is 4.05. The average molecular weight is 269 g/mol. The standard InChI is InChI=1S/C14H11N3O3/c1-8(7-20-14(16)19)10-3-2-4-11-12(10)17-6-9(5-15)13(11)18/h2-4,6H,1,7H2,(H2,16,19)(H,17,18). The minimum Gasteiger partial charge on any atom is -0.506 e. The fourth-order valence-corrected chi connectivity index (χ4v) is 1.81. The maximum atomic E-state index is 10.6. The van der Waals surface area contributed by atoms with Crippen LogP contribution in [0.5, 0.6) is 5.75 Å². The zero-order valence-electron chi connectivity index (χ0n) is 10.5. The molecule has 0 saturated carbocycles. The van der Waals surface area contributed by atoms with Crippen molar-refractivity contribution in [1.82, 2.24) is 4.98 Å². The molecule has 0 saturated heterocycles. The molecule has 3 N–H and O–H groups in total. The molecule has 6 heteroatoms. The summed E-state index contributed by atoms with van der Waals surface area (Å²) in [5.74, 6) is -0.136. The summed E-state index contributed by atoms with van der Waals surface area (Å²) in [4.78, 5) is 14.7. The fourth-order valence-electron chi connectivity index (χ4n) is 1.81. The Bertz CT molecular complexity index is 747. The quantitative estimate of drug-likeness (QED) is 0.884. The molecule has 0 fully saturated rings. The molecule has 6 nitrogen and oxygen atoms in total. The van der Waals surface area contributed by atoms with Gasteiger partial charge in [0.05, 0.1) is 5.52 Å². The molecule has 0 radical (unpaired) electrons. The molecule has 0 aliphatic rings. The zero-order valence-corrected chi connectivity index (χ0v) is 10.5. The van der Waals surface area contributed by atoms with Gasteiger partial charge in [-0.25, -0.2) is 4.79 Å². The second-order valence-corrected chi connectivity index (χ2v) is 4.05. The first-order valence-corrected chi connectivity index (χ1v) is 5.65. The molecule has 0 bridgehead atoms. The third kappa shape index (κ3) is 2.37. The van der Waals surface area contributed by atoms with E-state index in [2.05, 4.69) is 16.3 Å². The van der Waals surface area contributed by atoms with E-state index in [1.807, 2.05) is 6.07 Å². The van der Waals surface area contributed by atoms with Crippen molar-refractivity contribution in [3.63, 3.8) is 0 Å². The Labute approximate surface area is 114 Å². The molecule has 0 spiro atoms. The molecule has 1 aromatic carbocycles. The van der Waals surface area contributed by atoms with Crippen LogP contribution >= 0.6 is 0 Å². The predicted molar refractivity (Wildman–Crippen MR) is 72.7 cm³/mol. The number of primary amides is 1. The molecule has 1 amide bonds. The fraction of sp³-hybridized carbons (Fsp3) is 0.0714. The molecule has 0 unspecified atom stereocenters. The molecule has 0 aliphatic heterocycles. The van der Waals surface area contributed by atoms with Gasteiger partial charge in [0.25, 0.3) is 0 Å². The number of carbonyl (C=O) groups excluding carboxylic acids is 1. The van der Waals surface area contributed by atoms with Gasteiger partial charge in [-0.1, -0.05) is 18.7 Å². The first-order valence-electron chi connectivity index (χ1n) is 5.65. The number of rotatable bonds is 3. The van der Waals surface area contributed by atoms with Gasteiger partial charge in [0.2, 0.25) is 0 Å². The van der Waals surface area contributed by atoms with Gasteiger partial charge in [-0.2, -0.15) is 5.26 Å². The number of aromatic nitrogens is 1. The Balaban J connectivity index is 2.51. The molecule has 0 atom stereocenters. The Morgan fingerprint density at radius 3 is 2.95 bits per heavy atom. The number of amides is 1. The van der Waals surface area contributed by atoms with E-state index >= 15 is 0 Å². The minimum atomic E-state index is -0.894. The molecule has 2 rings (SSSR count). The number of hydrogen-bond acceptors (Lipinski definition) is 5. The van der Waals surface area contributed by atoms with E-state index in [9.17, 15) is 9.90 Å². The Morgan fingerprint density at radius 1 is 1.55 bits per heavy atom. The summed E-state index contributed by atoms with van der Waals surface area (Å²) in [5.41, 5.74) is 6.57. The molecular formula is C14H11N3O3. The number of pyridine rings is 1. The number of nitriles is 1. The number of para-hydroxylation sites is 1. The first kappa shape index (κ1) is 13.4. The highest BCUT2D eigenvalue weighted by Crippen LogP contribution is 2.30. The number of carbonyl (C=O) groups is 1. The second kappa shape index (κ2) is 5.28. The number of ether oxygens (including phenoxy) is 1. The lowest BCUT2D eigenvalue weighted by Gasteiger charge is -2.10. The van der Waals surface area contributed by atoms with Crippen LogP contribution in [0.3, 0.4) is 0 Å². The topological polar surface area (TPSA) is 109 Å². The Kier molecular flexibility index (Phi) is 3.53. The summed E-state index contributed by atoms with van der Waals surface area (Å²) in [6.07, 6.45) is 0.387. The van der Waals surface area contributed by atoms with Gasteiger partial charge in [0.1, 0.15) is 24.0 Å². The summed E-state index contributed by atoms with van der Waals surface area (Å²) in [5, 5.41) is 19.3. The van der Waals surface area contributed by atoms with Crippen molar-refractivity contribution in [3.05, 3.63) is 42.1 Å². The van der Waals surface area contributed by atoms with Crippen molar-refractivity contribution in [2.45, 2.75) is 0 Å². The maximum absolute atomic E-state index is 10.6. The van der Waals surface area contributed by atoms with Crippen molar-refractivity contribution in [1.29, 1.82) is 5.26 Å². The summed E-state index contributed by atoms with van der Waals surface area (Å²) >= 11 is 0. The van der Waals surface area contributed by atoms with E-state index in [0.29, 0.717) is 22.0 Å². The highest BCUT2D eigenvalue weighted by atomic mass is 16.5. The third-order valence-corrected chi connectivity index (χ3v) is 2.76. The maximum Gasteiger partial charge on any atom is 0.404 e. The van der Waals surface area contributed by atoms with Crippen LogP contribution in [0.25, 0.3) is 16.5 Å². The van der Waals surface area contributed by atoms with Gasteiger partial charge in [0, 0.05) is 17.1 Å². The number of nitrogens with zero attached hydrogens (tertiary/aromatic N) is 2. The van der Waals surface area contributed by atoms with Gasteiger partial charge < -0.3 is 15.6 Å². The van der Waals surface area contributed by atoms with Gasteiger partial charge >= 0.3 is 6.09 Å². The van der Waals surface area contributed by atoms with Crippen LogP contribution in [-0.2, 0) is 4.74 Å². The summed E-state index contributed by atoms with van der Waals surface area (Å²) < 4.78 is 4.68. The van der Waals surface area contributed by atoms with Crippen molar-refractivity contribution >= 4 is 22.6 Å². The lowest BCUT2D eigenvalue weighted by Crippen LogP contribution is -2.14. The smallest absolute Gasteiger partial charge is 0.404 e. The minimum absolute atomic E-state index is 0.0725. The number of aromatic hydroxyl groups is 1. The van der Waals surface area contributed by atoms with E-state index in [-0.39, 0.29) is 17.9 Å². The lowest BCUT2D eigenvalue weighted by molar-refractivity contribution is 0.171. The molecule has 1 heterocycles. The van der Waals surface area contributed by atoms with Crippen LogP contribution in [0.2, 0.25) is 0 Å². The van der Waals surface area contributed by atoms with Crippen molar-refractivity contribution in [2.75, 3.05) is 6.61 Å². The van der Waals surface area contributed by atoms with Crippen LogP contribution in [0.1, 0.15) is 11.1 Å². The number of fused-ring (bicyclic) bond motifs is 1. The number of nitrogens with two attached hydrogens (primary N) is 1. The van der Waals surface area contributed by atoms with Gasteiger partial charge in [-0.05, 0) is 11.6 Å². The van der Waals surface area contributed by atoms with Crippen molar-refractivity contribution < 1.29 is 14.6 Å². The van der Waals surface area contributed by atoms with Crippen LogP contribution < -0.4 is 5.73 Å². The summed E-state index contributed by atoms with van der Waals surface area (Å²) in [6.45, 7) is 3.73. The van der Waals surface area contributed by atoms with E-state index in [1.54, 1.807) is 18.2 Å². The van der Waals surface area contributed by atoms with E-state index in [4.69, 9.17) is 11.0 Å². The summed E-state index contributed by atoms with van der Waals surface area (Å²) in [6, 6.07) is 6.92. The summed E-state index contributed by atoms with van der Waals surface area (Å²) in [7, 11) is 0. The number of hydrogen-bond donors (Lipinski definition) is 2. The largest absolute Gasteiger partial charge is 0.506 e. The van der Waals surface area contributed by atoms with Crippen LogP contribution in [0, 0.1) is 11.3 Å². The predicted octanol–water partition coefficient (Wildman–Crippen LogP) is 1.92. The van der Waals surface area contributed by atoms with Gasteiger partial charge in [0.15, 0.2) is 0 Å². The van der Waals surface area contributed by atoms with Crippen LogP contribution in [0.4, 0.5) is 4.79 Å². The molecule has 2 aromatic rings. The molecule has 100 valence electrons.